The lowest BCUT2D eigenvalue weighted by atomic mass is 10.0. The maximum atomic E-state index is 5.96. The van der Waals surface area contributed by atoms with Gasteiger partial charge in [0.05, 0.1) is 0 Å². The first kappa shape index (κ1) is 13.3. The van der Waals surface area contributed by atoms with E-state index in [1.165, 1.54) is 11.9 Å². The molecule has 0 spiro atoms. The molecule has 0 fully saturated rings. The second kappa shape index (κ2) is 5.69. The van der Waals surface area contributed by atoms with Crippen LogP contribution >= 0.6 is 0 Å². The quantitative estimate of drug-likeness (QED) is 0.879. The highest BCUT2D eigenvalue weighted by Gasteiger charge is 2.13. The van der Waals surface area contributed by atoms with Crippen LogP contribution in [0.15, 0.2) is 30.6 Å². The Bertz CT molecular complexity index is 564. The van der Waals surface area contributed by atoms with Gasteiger partial charge in [-0.05, 0) is 24.0 Å². The van der Waals surface area contributed by atoms with Gasteiger partial charge in [0.25, 0.3) is 0 Å². The van der Waals surface area contributed by atoms with Gasteiger partial charge in [0.2, 0.25) is 0 Å². The van der Waals surface area contributed by atoms with Crippen LogP contribution in [0.1, 0.15) is 37.8 Å². The van der Waals surface area contributed by atoms with Gasteiger partial charge in [0.1, 0.15) is 18.0 Å². The topological polar surface area (TPSA) is 63.8 Å². The molecule has 2 aromatic rings. The molecule has 4 heteroatoms. The minimum Gasteiger partial charge on any atom is -0.383 e. The normalized spacial score (nSPS) is 10.7. The minimum absolute atomic E-state index is 0.275. The van der Waals surface area contributed by atoms with Gasteiger partial charge in [-0.1, -0.05) is 39.0 Å². The zero-order chi connectivity index (χ0) is 13.8. The van der Waals surface area contributed by atoms with E-state index in [4.69, 9.17) is 5.73 Å². The van der Waals surface area contributed by atoms with Gasteiger partial charge in [-0.2, -0.15) is 0 Å². The van der Waals surface area contributed by atoms with E-state index in [0.29, 0.717) is 5.82 Å². The minimum atomic E-state index is 0.275. The Hall–Kier alpha value is -2.10. The number of para-hydroxylation sites is 1. The molecule has 0 aliphatic heterocycles. The van der Waals surface area contributed by atoms with Gasteiger partial charge in [-0.15, -0.1) is 0 Å². The van der Waals surface area contributed by atoms with Crippen LogP contribution in [-0.4, -0.2) is 9.97 Å². The summed E-state index contributed by atoms with van der Waals surface area (Å²) in [7, 11) is 0. The van der Waals surface area contributed by atoms with E-state index in [2.05, 4.69) is 48.2 Å². The van der Waals surface area contributed by atoms with Gasteiger partial charge < -0.3 is 11.1 Å². The summed E-state index contributed by atoms with van der Waals surface area (Å²) in [5, 5.41) is 3.38. The highest BCUT2D eigenvalue weighted by Crippen LogP contribution is 2.29. The van der Waals surface area contributed by atoms with Crippen molar-refractivity contribution < 1.29 is 0 Å². The molecule has 19 heavy (non-hydrogen) atoms. The Morgan fingerprint density at radius 1 is 1.21 bits per heavy atom. The Morgan fingerprint density at radius 3 is 2.63 bits per heavy atom. The average Bonchev–Trinajstić information content (AvgIpc) is 2.39. The molecule has 0 saturated carbocycles. The molecule has 0 bridgehead atoms. The molecule has 100 valence electrons. The van der Waals surface area contributed by atoms with E-state index in [-0.39, 0.29) is 5.92 Å². The molecule has 0 radical (unpaired) electrons. The molecule has 0 unspecified atom stereocenters. The molecule has 1 heterocycles. The lowest BCUT2D eigenvalue weighted by molar-refractivity contribution is 0.854. The average molecular weight is 256 g/mol. The second-order valence-corrected chi connectivity index (χ2v) is 4.81. The summed E-state index contributed by atoms with van der Waals surface area (Å²) >= 11 is 0. The fourth-order valence-corrected chi connectivity index (χ4v) is 2.16. The van der Waals surface area contributed by atoms with Gasteiger partial charge >= 0.3 is 0 Å². The van der Waals surface area contributed by atoms with Crippen molar-refractivity contribution >= 4 is 17.3 Å². The number of benzene rings is 1. The van der Waals surface area contributed by atoms with E-state index >= 15 is 0 Å². The van der Waals surface area contributed by atoms with Crippen LogP contribution in [0, 0.1) is 0 Å². The largest absolute Gasteiger partial charge is 0.383 e. The number of aryl methyl sites for hydroxylation is 1. The standard InChI is InChI=1S/C15H20N4/c1-4-11-7-5-6-8-12(11)19-15-13(10(2)3)14(16)17-9-18-15/h5-10H,4H2,1-3H3,(H3,16,17,18,19). The first-order valence-corrected chi connectivity index (χ1v) is 6.58. The molecule has 3 N–H and O–H groups in total. The number of nitrogen functional groups attached to an aromatic ring is 1. The summed E-state index contributed by atoms with van der Waals surface area (Å²) in [4.78, 5) is 8.40. The van der Waals surface area contributed by atoms with Crippen LogP contribution in [0.4, 0.5) is 17.3 Å². The number of hydrogen-bond donors (Lipinski definition) is 2. The van der Waals surface area contributed by atoms with Gasteiger partial charge in [-0.3, -0.25) is 0 Å². The highest BCUT2D eigenvalue weighted by molar-refractivity contribution is 5.66. The summed E-state index contributed by atoms with van der Waals surface area (Å²) < 4.78 is 0. The molecular weight excluding hydrogens is 236 g/mol. The number of anilines is 3. The Kier molecular flexibility index (Phi) is 4.00. The summed E-state index contributed by atoms with van der Waals surface area (Å²) in [5.74, 6) is 1.61. The summed E-state index contributed by atoms with van der Waals surface area (Å²) in [6.07, 6.45) is 2.47. The van der Waals surface area contributed by atoms with E-state index in [1.54, 1.807) is 0 Å². The molecule has 1 aromatic carbocycles. The highest BCUT2D eigenvalue weighted by atomic mass is 15.0. The van der Waals surface area contributed by atoms with E-state index in [0.717, 1.165) is 23.5 Å². The van der Waals surface area contributed by atoms with Crippen molar-refractivity contribution in [2.75, 3.05) is 11.1 Å². The number of aromatic nitrogens is 2. The Balaban J connectivity index is 2.41. The van der Waals surface area contributed by atoms with Crippen LogP contribution in [-0.2, 0) is 6.42 Å². The third-order valence-electron chi connectivity index (χ3n) is 3.14. The predicted octanol–water partition coefficient (Wildman–Crippen LogP) is 3.49. The lowest BCUT2D eigenvalue weighted by Crippen LogP contribution is -2.07. The second-order valence-electron chi connectivity index (χ2n) is 4.81. The summed E-state index contributed by atoms with van der Waals surface area (Å²) in [6.45, 7) is 6.32. The van der Waals surface area contributed by atoms with Gasteiger partial charge in [0, 0.05) is 11.3 Å². The fraction of sp³-hybridized carbons (Fsp3) is 0.333. The number of nitrogens with zero attached hydrogens (tertiary/aromatic N) is 2. The van der Waals surface area contributed by atoms with Gasteiger partial charge in [0.15, 0.2) is 0 Å². The monoisotopic (exact) mass is 256 g/mol. The fourth-order valence-electron chi connectivity index (χ4n) is 2.16. The smallest absolute Gasteiger partial charge is 0.139 e. The molecule has 0 aliphatic rings. The third kappa shape index (κ3) is 2.84. The van der Waals surface area contributed by atoms with E-state index in [1.807, 2.05) is 12.1 Å². The molecule has 2 rings (SSSR count). The number of rotatable bonds is 4. The molecule has 4 nitrogen and oxygen atoms in total. The lowest BCUT2D eigenvalue weighted by Gasteiger charge is -2.16. The molecule has 0 amide bonds. The molecule has 1 aromatic heterocycles. The van der Waals surface area contributed by atoms with Crippen molar-refractivity contribution in [1.29, 1.82) is 0 Å². The van der Waals surface area contributed by atoms with Crippen LogP contribution in [0.3, 0.4) is 0 Å². The zero-order valence-electron chi connectivity index (χ0n) is 11.6. The number of nitrogens with two attached hydrogens (primary N) is 1. The Labute approximate surface area is 114 Å². The van der Waals surface area contributed by atoms with Crippen molar-refractivity contribution in [2.45, 2.75) is 33.1 Å². The zero-order valence-corrected chi connectivity index (χ0v) is 11.6. The number of hydrogen-bond acceptors (Lipinski definition) is 4. The molecule has 0 aliphatic carbocycles. The molecule has 0 saturated heterocycles. The van der Waals surface area contributed by atoms with Crippen LogP contribution in [0.5, 0.6) is 0 Å². The summed E-state index contributed by atoms with van der Waals surface area (Å²) in [5.41, 5.74) is 9.25. The van der Waals surface area contributed by atoms with E-state index in [9.17, 15) is 0 Å². The SMILES string of the molecule is CCc1ccccc1Nc1ncnc(N)c1C(C)C. The first-order valence-electron chi connectivity index (χ1n) is 6.58. The Morgan fingerprint density at radius 2 is 1.95 bits per heavy atom. The van der Waals surface area contributed by atoms with Crippen LogP contribution in [0.25, 0.3) is 0 Å². The van der Waals surface area contributed by atoms with Crippen molar-refractivity contribution in [3.63, 3.8) is 0 Å². The first-order chi connectivity index (χ1) is 9.13. The number of nitrogens with one attached hydrogen (secondary N) is 1. The van der Waals surface area contributed by atoms with Crippen molar-refractivity contribution in [2.24, 2.45) is 0 Å². The van der Waals surface area contributed by atoms with Crippen molar-refractivity contribution in [1.82, 2.24) is 9.97 Å². The third-order valence-corrected chi connectivity index (χ3v) is 3.14. The van der Waals surface area contributed by atoms with Crippen molar-refractivity contribution in [3.05, 3.63) is 41.7 Å². The van der Waals surface area contributed by atoms with Crippen LogP contribution < -0.4 is 11.1 Å². The maximum absolute atomic E-state index is 5.96. The van der Waals surface area contributed by atoms with Gasteiger partial charge in [-0.25, -0.2) is 9.97 Å². The van der Waals surface area contributed by atoms with Crippen molar-refractivity contribution in [3.8, 4) is 0 Å². The molecular formula is C15H20N4. The predicted molar refractivity (Wildman–Crippen MR) is 79.6 cm³/mol. The van der Waals surface area contributed by atoms with Crippen LogP contribution in [0.2, 0.25) is 0 Å². The summed E-state index contributed by atoms with van der Waals surface area (Å²) in [6, 6.07) is 8.23. The maximum Gasteiger partial charge on any atom is 0.139 e. The van der Waals surface area contributed by atoms with E-state index < -0.39 is 0 Å². The molecule has 0 atom stereocenters.